The largest absolute Gasteiger partial charge is 0.497 e. The van der Waals surface area contributed by atoms with Gasteiger partial charge < -0.3 is 15.0 Å². The van der Waals surface area contributed by atoms with E-state index in [0.717, 1.165) is 44.6 Å². The standard InChI is InChI=1S/C21H28N4O2/c1-16-23-19(21(26)25-12-5-3-4-6-13-25)15-20(24-16)22-11-10-17-8-7-9-18(14-17)27-2/h7-9,14-15H,3-6,10-13H2,1-2H3,(H,22,23,24). The topological polar surface area (TPSA) is 67.3 Å². The Labute approximate surface area is 161 Å². The Bertz CT molecular complexity index is 771. The van der Waals surface area contributed by atoms with Gasteiger partial charge in [-0.05, 0) is 43.9 Å². The van der Waals surface area contributed by atoms with Gasteiger partial charge in [0.25, 0.3) is 5.91 Å². The molecular weight excluding hydrogens is 340 g/mol. The molecule has 6 heteroatoms. The second kappa shape index (κ2) is 9.35. The molecule has 0 bridgehead atoms. The molecule has 6 nitrogen and oxygen atoms in total. The Morgan fingerprint density at radius 1 is 1.15 bits per heavy atom. The lowest BCUT2D eigenvalue weighted by molar-refractivity contribution is 0.0755. The average molecular weight is 368 g/mol. The summed E-state index contributed by atoms with van der Waals surface area (Å²) in [6.45, 7) is 4.19. The molecule has 0 spiro atoms. The van der Waals surface area contributed by atoms with E-state index in [2.05, 4.69) is 21.4 Å². The average Bonchev–Trinajstić information content (AvgIpc) is 2.96. The zero-order valence-corrected chi connectivity index (χ0v) is 16.2. The summed E-state index contributed by atoms with van der Waals surface area (Å²) in [6.07, 6.45) is 5.38. The summed E-state index contributed by atoms with van der Waals surface area (Å²) in [5.41, 5.74) is 1.67. The van der Waals surface area contributed by atoms with Crippen LogP contribution in [0.5, 0.6) is 5.75 Å². The van der Waals surface area contributed by atoms with E-state index in [4.69, 9.17) is 4.74 Å². The highest BCUT2D eigenvalue weighted by Crippen LogP contribution is 2.16. The highest BCUT2D eigenvalue weighted by atomic mass is 16.5. The van der Waals surface area contributed by atoms with Crippen LogP contribution >= 0.6 is 0 Å². The fraction of sp³-hybridized carbons (Fsp3) is 0.476. The maximum Gasteiger partial charge on any atom is 0.272 e. The summed E-state index contributed by atoms with van der Waals surface area (Å²) in [6, 6.07) is 9.79. The SMILES string of the molecule is COc1cccc(CCNc2cc(C(=O)N3CCCCCC3)nc(C)n2)c1. The van der Waals surface area contributed by atoms with Gasteiger partial charge in [-0.25, -0.2) is 9.97 Å². The number of nitrogens with one attached hydrogen (secondary N) is 1. The molecule has 27 heavy (non-hydrogen) atoms. The first kappa shape index (κ1) is 19.1. The molecule has 2 aromatic rings. The lowest BCUT2D eigenvalue weighted by Gasteiger charge is -2.20. The molecule has 1 saturated heterocycles. The lowest BCUT2D eigenvalue weighted by atomic mass is 10.1. The van der Waals surface area contributed by atoms with Gasteiger partial charge in [-0.15, -0.1) is 0 Å². The Morgan fingerprint density at radius 3 is 2.67 bits per heavy atom. The van der Waals surface area contributed by atoms with Gasteiger partial charge in [-0.1, -0.05) is 25.0 Å². The number of anilines is 1. The molecule has 1 aliphatic rings. The quantitative estimate of drug-likeness (QED) is 0.846. The third kappa shape index (κ3) is 5.42. The van der Waals surface area contributed by atoms with Crippen molar-refractivity contribution in [3.05, 3.63) is 47.4 Å². The van der Waals surface area contributed by atoms with E-state index in [0.29, 0.717) is 17.3 Å². The number of hydrogen-bond acceptors (Lipinski definition) is 5. The summed E-state index contributed by atoms with van der Waals surface area (Å²) in [5, 5.41) is 3.32. The number of rotatable bonds is 6. The number of ether oxygens (including phenoxy) is 1. The van der Waals surface area contributed by atoms with Crippen LogP contribution in [0, 0.1) is 6.92 Å². The molecule has 1 amide bonds. The van der Waals surface area contributed by atoms with Crippen molar-refractivity contribution in [3.8, 4) is 5.75 Å². The molecule has 0 saturated carbocycles. The summed E-state index contributed by atoms with van der Waals surface area (Å²) in [4.78, 5) is 23.5. The molecule has 1 N–H and O–H groups in total. The molecule has 144 valence electrons. The van der Waals surface area contributed by atoms with Gasteiger partial charge in [-0.2, -0.15) is 0 Å². The second-order valence-corrected chi connectivity index (χ2v) is 6.92. The van der Waals surface area contributed by atoms with Crippen LogP contribution in [0.2, 0.25) is 0 Å². The molecule has 0 radical (unpaired) electrons. The van der Waals surface area contributed by atoms with Crippen molar-refractivity contribution in [3.63, 3.8) is 0 Å². The van der Waals surface area contributed by atoms with Crippen molar-refractivity contribution in [2.45, 2.75) is 39.0 Å². The first-order chi connectivity index (χ1) is 13.2. The summed E-state index contributed by atoms with van der Waals surface area (Å²) in [7, 11) is 1.67. The van der Waals surface area contributed by atoms with E-state index in [1.165, 1.54) is 18.4 Å². The van der Waals surface area contributed by atoms with Crippen LogP contribution in [0.4, 0.5) is 5.82 Å². The van der Waals surface area contributed by atoms with E-state index in [9.17, 15) is 4.79 Å². The van der Waals surface area contributed by atoms with E-state index < -0.39 is 0 Å². The Kier molecular flexibility index (Phi) is 6.63. The van der Waals surface area contributed by atoms with Gasteiger partial charge in [0.05, 0.1) is 7.11 Å². The van der Waals surface area contributed by atoms with E-state index in [1.54, 1.807) is 13.2 Å². The second-order valence-electron chi connectivity index (χ2n) is 6.92. The van der Waals surface area contributed by atoms with Crippen molar-refractivity contribution in [1.82, 2.24) is 14.9 Å². The zero-order valence-electron chi connectivity index (χ0n) is 16.2. The van der Waals surface area contributed by atoms with Crippen LogP contribution in [-0.4, -0.2) is 47.5 Å². The number of carbonyl (C=O) groups excluding carboxylic acids is 1. The van der Waals surface area contributed by atoms with Crippen LogP contribution in [0.25, 0.3) is 0 Å². The summed E-state index contributed by atoms with van der Waals surface area (Å²) >= 11 is 0. The van der Waals surface area contributed by atoms with Gasteiger partial charge in [0, 0.05) is 25.7 Å². The first-order valence-electron chi connectivity index (χ1n) is 9.67. The van der Waals surface area contributed by atoms with E-state index in [-0.39, 0.29) is 5.91 Å². The predicted octanol–water partition coefficient (Wildman–Crippen LogP) is 3.46. The van der Waals surface area contributed by atoms with Gasteiger partial charge >= 0.3 is 0 Å². The molecule has 2 heterocycles. The van der Waals surface area contributed by atoms with Crippen LogP contribution in [0.3, 0.4) is 0 Å². The van der Waals surface area contributed by atoms with Gasteiger partial charge in [0.1, 0.15) is 23.1 Å². The third-order valence-corrected chi connectivity index (χ3v) is 4.80. The molecule has 0 unspecified atom stereocenters. The fourth-order valence-electron chi connectivity index (χ4n) is 3.37. The monoisotopic (exact) mass is 368 g/mol. The third-order valence-electron chi connectivity index (χ3n) is 4.80. The summed E-state index contributed by atoms with van der Waals surface area (Å²) < 4.78 is 5.26. The number of likely N-dealkylation sites (tertiary alicyclic amines) is 1. The minimum atomic E-state index is 0.0123. The van der Waals surface area contributed by atoms with Crippen molar-refractivity contribution < 1.29 is 9.53 Å². The number of amides is 1. The normalized spacial score (nSPS) is 14.5. The Morgan fingerprint density at radius 2 is 1.93 bits per heavy atom. The van der Waals surface area contributed by atoms with Crippen LogP contribution in [0.1, 0.15) is 47.6 Å². The molecule has 1 aromatic carbocycles. The molecule has 3 rings (SSSR count). The minimum Gasteiger partial charge on any atom is -0.497 e. The number of carbonyl (C=O) groups is 1. The Balaban J connectivity index is 1.63. The predicted molar refractivity (Wildman–Crippen MR) is 106 cm³/mol. The molecule has 0 aliphatic carbocycles. The number of benzene rings is 1. The molecular formula is C21H28N4O2. The van der Waals surface area contributed by atoms with Crippen molar-refractivity contribution in [1.29, 1.82) is 0 Å². The van der Waals surface area contributed by atoms with Crippen LogP contribution in [0.15, 0.2) is 30.3 Å². The number of hydrogen-bond donors (Lipinski definition) is 1. The zero-order chi connectivity index (χ0) is 19.1. The highest BCUT2D eigenvalue weighted by Gasteiger charge is 2.19. The molecule has 1 aliphatic heterocycles. The maximum atomic E-state index is 12.8. The highest BCUT2D eigenvalue weighted by molar-refractivity contribution is 5.93. The van der Waals surface area contributed by atoms with Crippen molar-refractivity contribution in [2.24, 2.45) is 0 Å². The van der Waals surface area contributed by atoms with Crippen molar-refractivity contribution >= 4 is 11.7 Å². The van der Waals surface area contributed by atoms with Gasteiger partial charge in [0.15, 0.2) is 0 Å². The van der Waals surface area contributed by atoms with E-state index in [1.807, 2.05) is 30.0 Å². The van der Waals surface area contributed by atoms with Crippen LogP contribution in [-0.2, 0) is 6.42 Å². The summed E-state index contributed by atoms with van der Waals surface area (Å²) in [5.74, 6) is 2.18. The Hall–Kier alpha value is -2.63. The number of methoxy groups -OCH3 is 1. The van der Waals surface area contributed by atoms with Crippen molar-refractivity contribution in [2.75, 3.05) is 32.1 Å². The maximum absolute atomic E-state index is 12.8. The number of nitrogens with zero attached hydrogens (tertiary/aromatic N) is 3. The van der Waals surface area contributed by atoms with Gasteiger partial charge in [0.2, 0.25) is 0 Å². The molecule has 1 fully saturated rings. The molecule has 1 aromatic heterocycles. The van der Waals surface area contributed by atoms with E-state index >= 15 is 0 Å². The van der Waals surface area contributed by atoms with Crippen LogP contribution < -0.4 is 10.1 Å². The molecule has 0 atom stereocenters. The first-order valence-corrected chi connectivity index (χ1v) is 9.67. The smallest absolute Gasteiger partial charge is 0.272 e. The minimum absolute atomic E-state index is 0.0123. The fourth-order valence-corrected chi connectivity index (χ4v) is 3.37. The van der Waals surface area contributed by atoms with Gasteiger partial charge in [-0.3, -0.25) is 4.79 Å². The lowest BCUT2D eigenvalue weighted by Crippen LogP contribution is -2.32. The number of aromatic nitrogens is 2. The number of aryl methyl sites for hydroxylation is 1.